The molecule has 2 aromatic heterocycles. The topological polar surface area (TPSA) is 110 Å². The quantitative estimate of drug-likeness (QED) is 0.857. The molecule has 1 saturated carbocycles. The van der Waals surface area contributed by atoms with Crippen LogP contribution in [0.4, 0.5) is 0 Å². The SMILES string of the molecule is Cc1cnn(Cc2cc(C(=O)N[C@@H]3CCC[C@@H]3C(=O)O)no2)c1. The van der Waals surface area contributed by atoms with Gasteiger partial charge in [-0.3, -0.25) is 14.3 Å². The third kappa shape index (κ3) is 3.41. The van der Waals surface area contributed by atoms with Crippen LogP contribution in [-0.4, -0.2) is 38.0 Å². The van der Waals surface area contributed by atoms with Crippen molar-refractivity contribution in [2.75, 3.05) is 0 Å². The van der Waals surface area contributed by atoms with Crippen molar-refractivity contribution in [2.24, 2.45) is 5.92 Å². The van der Waals surface area contributed by atoms with Crippen LogP contribution < -0.4 is 5.32 Å². The highest BCUT2D eigenvalue weighted by atomic mass is 16.5. The summed E-state index contributed by atoms with van der Waals surface area (Å²) in [6, 6.07) is 1.20. The molecule has 0 aliphatic heterocycles. The molecule has 0 aromatic carbocycles. The molecular formula is C15H18N4O4. The maximum Gasteiger partial charge on any atom is 0.308 e. The van der Waals surface area contributed by atoms with E-state index < -0.39 is 17.8 Å². The number of carbonyl (C=O) groups is 2. The first-order chi connectivity index (χ1) is 11.0. The lowest BCUT2D eigenvalue weighted by Crippen LogP contribution is -2.40. The predicted octanol–water partition coefficient (Wildman–Crippen LogP) is 1.21. The number of hydrogen-bond acceptors (Lipinski definition) is 5. The number of nitrogens with zero attached hydrogens (tertiary/aromatic N) is 3. The minimum atomic E-state index is -0.873. The number of carboxylic acids is 1. The first-order valence-corrected chi connectivity index (χ1v) is 7.51. The highest BCUT2D eigenvalue weighted by Gasteiger charge is 2.34. The summed E-state index contributed by atoms with van der Waals surface area (Å²) in [5, 5.41) is 19.8. The summed E-state index contributed by atoms with van der Waals surface area (Å²) in [6.07, 6.45) is 5.64. The smallest absolute Gasteiger partial charge is 0.308 e. The Labute approximate surface area is 132 Å². The molecule has 0 radical (unpaired) electrons. The van der Waals surface area contributed by atoms with Gasteiger partial charge in [0.25, 0.3) is 5.91 Å². The molecule has 0 saturated heterocycles. The van der Waals surface area contributed by atoms with E-state index in [2.05, 4.69) is 15.6 Å². The van der Waals surface area contributed by atoms with Gasteiger partial charge in [-0.1, -0.05) is 11.6 Å². The summed E-state index contributed by atoms with van der Waals surface area (Å²) in [6.45, 7) is 2.32. The second kappa shape index (κ2) is 6.23. The van der Waals surface area contributed by atoms with E-state index in [4.69, 9.17) is 9.63 Å². The van der Waals surface area contributed by atoms with Crippen LogP contribution in [0.5, 0.6) is 0 Å². The Bertz CT molecular complexity index is 721. The molecule has 0 bridgehead atoms. The van der Waals surface area contributed by atoms with Gasteiger partial charge in [0.2, 0.25) is 0 Å². The molecule has 1 aliphatic rings. The lowest BCUT2D eigenvalue weighted by atomic mass is 10.0. The second-order valence-corrected chi connectivity index (χ2v) is 5.85. The number of aromatic nitrogens is 3. The van der Waals surface area contributed by atoms with Gasteiger partial charge in [0.05, 0.1) is 12.1 Å². The summed E-state index contributed by atoms with van der Waals surface area (Å²) < 4.78 is 6.84. The Balaban J connectivity index is 1.63. The minimum Gasteiger partial charge on any atom is -0.481 e. The van der Waals surface area contributed by atoms with Crippen molar-refractivity contribution in [3.05, 3.63) is 35.5 Å². The molecule has 8 nitrogen and oxygen atoms in total. The summed E-state index contributed by atoms with van der Waals surface area (Å²) in [5.41, 5.74) is 1.18. The molecule has 0 spiro atoms. The van der Waals surface area contributed by atoms with Gasteiger partial charge in [0.15, 0.2) is 11.5 Å². The van der Waals surface area contributed by atoms with Crippen molar-refractivity contribution >= 4 is 11.9 Å². The van der Waals surface area contributed by atoms with Gasteiger partial charge in [0.1, 0.15) is 6.54 Å². The van der Waals surface area contributed by atoms with Crippen LogP contribution in [0.25, 0.3) is 0 Å². The number of rotatable bonds is 5. The van der Waals surface area contributed by atoms with E-state index in [1.807, 2.05) is 13.1 Å². The van der Waals surface area contributed by atoms with Crippen molar-refractivity contribution in [2.45, 2.75) is 38.8 Å². The Kier molecular flexibility index (Phi) is 4.14. The van der Waals surface area contributed by atoms with Crippen LogP contribution >= 0.6 is 0 Å². The molecule has 2 heterocycles. The van der Waals surface area contributed by atoms with E-state index in [9.17, 15) is 9.59 Å². The standard InChI is InChI=1S/C15H18N4O4/c1-9-6-16-19(7-9)8-10-5-13(18-23-10)14(20)17-12-4-2-3-11(12)15(21)22/h5-7,11-12H,2-4,8H2,1H3,(H,17,20)(H,21,22)/t11-,12+/m0/s1. The average molecular weight is 318 g/mol. The summed E-state index contributed by atoms with van der Waals surface area (Å²) in [7, 11) is 0. The number of carbonyl (C=O) groups excluding carboxylic acids is 1. The number of amides is 1. The maximum absolute atomic E-state index is 12.2. The van der Waals surface area contributed by atoms with Crippen LogP contribution in [0.15, 0.2) is 23.0 Å². The van der Waals surface area contributed by atoms with Gasteiger partial charge in [-0.25, -0.2) is 0 Å². The van der Waals surface area contributed by atoms with E-state index in [1.165, 1.54) is 0 Å². The van der Waals surface area contributed by atoms with E-state index in [-0.39, 0.29) is 11.7 Å². The van der Waals surface area contributed by atoms with Gasteiger partial charge in [0, 0.05) is 18.3 Å². The lowest BCUT2D eigenvalue weighted by molar-refractivity contribution is -0.142. The Hall–Kier alpha value is -2.64. The summed E-state index contributed by atoms with van der Waals surface area (Å²) in [4.78, 5) is 23.3. The zero-order valence-corrected chi connectivity index (χ0v) is 12.7. The van der Waals surface area contributed by atoms with Crippen molar-refractivity contribution in [3.8, 4) is 0 Å². The number of nitrogens with one attached hydrogen (secondary N) is 1. The molecule has 8 heteroatoms. The third-order valence-electron chi connectivity index (χ3n) is 4.02. The van der Waals surface area contributed by atoms with Crippen LogP contribution in [0.2, 0.25) is 0 Å². The number of aliphatic carboxylic acids is 1. The molecule has 1 amide bonds. The number of aryl methyl sites for hydroxylation is 1. The van der Waals surface area contributed by atoms with Crippen molar-refractivity contribution in [1.82, 2.24) is 20.3 Å². The first kappa shape index (κ1) is 15.3. The molecular weight excluding hydrogens is 300 g/mol. The minimum absolute atomic E-state index is 0.153. The normalized spacial score (nSPS) is 20.6. The van der Waals surface area contributed by atoms with Crippen LogP contribution in [0.3, 0.4) is 0 Å². The second-order valence-electron chi connectivity index (χ2n) is 5.85. The highest BCUT2D eigenvalue weighted by Crippen LogP contribution is 2.26. The zero-order chi connectivity index (χ0) is 16.4. The zero-order valence-electron chi connectivity index (χ0n) is 12.7. The average Bonchev–Trinajstić information content (AvgIpc) is 3.20. The van der Waals surface area contributed by atoms with E-state index >= 15 is 0 Å². The number of hydrogen-bond donors (Lipinski definition) is 2. The summed E-state index contributed by atoms with van der Waals surface area (Å²) >= 11 is 0. The van der Waals surface area contributed by atoms with Gasteiger partial charge in [-0.05, 0) is 25.3 Å². The first-order valence-electron chi connectivity index (χ1n) is 7.51. The summed E-state index contributed by atoms with van der Waals surface area (Å²) in [5.74, 6) is -1.30. The van der Waals surface area contributed by atoms with Crippen LogP contribution in [0, 0.1) is 12.8 Å². The Morgan fingerprint density at radius 2 is 2.30 bits per heavy atom. The fourth-order valence-electron chi connectivity index (χ4n) is 2.88. The predicted molar refractivity (Wildman–Crippen MR) is 78.8 cm³/mol. The highest BCUT2D eigenvalue weighted by molar-refractivity contribution is 5.92. The van der Waals surface area contributed by atoms with Crippen molar-refractivity contribution in [3.63, 3.8) is 0 Å². The van der Waals surface area contributed by atoms with Crippen LogP contribution in [0.1, 0.15) is 41.1 Å². The molecule has 2 atom stereocenters. The molecule has 1 aliphatic carbocycles. The monoisotopic (exact) mass is 318 g/mol. The van der Waals surface area contributed by atoms with Crippen molar-refractivity contribution < 1.29 is 19.2 Å². The largest absolute Gasteiger partial charge is 0.481 e. The van der Waals surface area contributed by atoms with Crippen LogP contribution in [-0.2, 0) is 11.3 Å². The molecule has 0 unspecified atom stereocenters. The van der Waals surface area contributed by atoms with E-state index in [1.54, 1.807) is 16.9 Å². The maximum atomic E-state index is 12.2. The van der Waals surface area contributed by atoms with Gasteiger partial charge < -0.3 is 14.9 Å². The third-order valence-corrected chi connectivity index (χ3v) is 4.02. The van der Waals surface area contributed by atoms with E-state index in [0.717, 1.165) is 12.0 Å². The fourth-order valence-corrected chi connectivity index (χ4v) is 2.88. The van der Waals surface area contributed by atoms with Gasteiger partial charge >= 0.3 is 5.97 Å². The Morgan fingerprint density at radius 1 is 1.48 bits per heavy atom. The Morgan fingerprint density at radius 3 is 3.00 bits per heavy atom. The molecule has 2 aromatic rings. The lowest BCUT2D eigenvalue weighted by Gasteiger charge is -2.16. The van der Waals surface area contributed by atoms with Crippen molar-refractivity contribution in [1.29, 1.82) is 0 Å². The molecule has 23 heavy (non-hydrogen) atoms. The molecule has 1 fully saturated rings. The number of carboxylic acid groups (broad SMARTS) is 1. The molecule has 2 N–H and O–H groups in total. The van der Waals surface area contributed by atoms with Gasteiger partial charge in [-0.15, -0.1) is 0 Å². The van der Waals surface area contributed by atoms with Gasteiger partial charge in [-0.2, -0.15) is 5.10 Å². The fraction of sp³-hybridized carbons (Fsp3) is 0.467. The van der Waals surface area contributed by atoms with E-state index in [0.29, 0.717) is 25.1 Å². The molecule has 3 rings (SSSR count). The molecule has 122 valence electrons.